The Morgan fingerprint density at radius 2 is 2.22 bits per heavy atom. The molecule has 1 aliphatic rings. The van der Waals surface area contributed by atoms with Crippen LogP contribution < -0.4 is 11.1 Å². The number of pyridine rings is 1. The van der Waals surface area contributed by atoms with E-state index < -0.39 is 22.8 Å². The van der Waals surface area contributed by atoms with Crippen molar-refractivity contribution in [2.45, 2.75) is 24.4 Å². The number of amidine groups is 1. The molecule has 0 unspecified atom stereocenters. The number of nitrogens with two attached hydrogens (primary N) is 1. The van der Waals surface area contributed by atoms with E-state index >= 15 is 0 Å². The van der Waals surface area contributed by atoms with E-state index in [9.17, 15) is 13.6 Å². The smallest absolute Gasteiger partial charge is 0.274 e. The van der Waals surface area contributed by atoms with Crippen molar-refractivity contribution in [2.24, 2.45) is 10.7 Å². The molecule has 3 N–H and O–H groups in total. The monoisotopic (exact) mass is 387 g/mol. The van der Waals surface area contributed by atoms with Gasteiger partial charge in [-0.2, -0.15) is 5.26 Å². The van der Waals surface area contributed by atoms with Crippen molar-refractivity contribution in [3.8, 4) is 6.07 Å². The van der Waals surface area contributed by atoms with Gasteiger partial charge in [0.1, 0.15) is 17.6 Å². The van der Waals surface area contributed by atoms with Crippen LogP contribution in [-0.2, 0) is 5.54 Å². The molecule has 1 aromatic heterocycles. The fourth-order valence-electron chi connectivity index (χ4n) is 2.78. The van der Waals surface area contributed by atoms with Gasteiger partial charge in [-0.1, -0.05) is 11.8 Å². The predicted molar refractivity (Wildman–Crippen MR) is 99.4 cm³/mol. The fraction of sp³-hybridized carbons (Fsp3) is 0.222. The second kappa shape index (κ2) is 7.32. The molecule has 27 heavy (non-hydrogen) atoms. The molecule has 2 atom stereocenters. The van der Waals surface area contributed by atoms with Gasteiger partial charge in [0.15, 0.2) is 10.7 Å². The average molecular weight is 387 g/mol. The van der Waals surface area contributed by atoms with E-state index in [0.29, 0.717) is 11.3 Å². The Balaban J connectivity index is 1.88. The highest BCUT2D eigenvalue weighted by Crippen LogP contribution is 2.41. The van der Waals surface area contributed by atoms with E-state index in [1.165, 1.54) is 36.5 Å². The minimum atomic E-state index is -1.30. The third kappa shape index (κ3) is 4.06. The van der Waals surface area contributed by atoms with Crippen LogP contribution in [0.3, 0.4) is 0 Å². The molecule has 0 saturated heterocycles. The molecule has 138 valence electrons. The summed E-state index contributed by atoms with van der Waals surface area (Å²) >= 11 is 0.797. The van der Waals surface area contributed by atoms with Gasteiger partial charge in [0.25, 0.3) is 5.91 Å². The van der Waals surface area contributed by atoms with Crippen molar-refractivity contribution in [2.75, 3.05) is 5.32 Å². The Labute approximate surface area is 158 Å². The van der Waals surface area contributed by atoms with Gasteiger partial charge in [-0.15, -0.1) is 0 Å². The van der Waals surface area contributed by atoms with Crippen LogP contribution in [0.2, 0.25) is 0 Å². The van der Waals surface area contributed by atoms with E-state index in [1.807, 2.05) is 6.07 Å². The summed E-state index contributed by atoms with van der Waals surface area (Å²) in [5.74, 6) is -1.09. The minimum Gasteiger partial charge on any atom is -0.378 e. The topological polar surface area (TPSA) is 104 Å². The first-order valence-corrected chi connectivity index (χ1v) is 8.82. The lowest BCUT2D eigenvalue weighted by Crippen LogP contribution is -2.32. The number of anilines is 1. The Hall–Kier alpha value is -2.99. The summed E-state index contributed by atoms with van der Waals surface area (Å²) in [7, 11) is 0. The maximum Gasteiger partial charge on any atom is 0.274 e. The summed E-state index contributed by atoms with van der Waals surface area (Å²) in [6.45, 7) is 1.60. The highest BCUT2D eigenvalue weighted by atomic mass is 32.2. The maximum atomic E-state index is 14.4. The lowest BCUT2D eigenvalue weighted by molar-refractivity contribution is 0.102. The summed E-state index contributed by atoms with van der Waals surface area (Å²) in [5.41, 5.74) is 4.06. The molecular formula is C18H15F2N5OS. The second-order valence-electron chi connectivity index (χ2n) is 6.15. The van der Waals surface area contributed by atoms with Crippen LogP contribution in [0.5, 0.6) is 0 Å². The molecule has 1 aromatic carbocycles. The van der Waals surface area contributed by atoms with Gasteiger partial charge in [0, 0.05) is 23.9 Å². The number of aromatic nitrogens is 1. The molecule has 6 nitrogen and oxygen atoms in total. The lowest BCUT2D eigenvalue weighted by atomic mass is 9.88. The second-order valence-corrected chi connectivity index (χ2v) is 7.31. The van der Waals surface area contributed by atoms with Crippen molar-refractivity contribution in [1.29, 1.82) is 5.26 Å². The number of hydrogen-bond donors (Lipinski definition) is 2. The van der Waals surface area contributed by atoms with Crippen LogP contribution in [0.4, 0.5) is 14.5 Å². The maximum absolute atomic E-state index is 14.4. The van der Waals surface area contributed by atoms with Gasteiger partial charge < -0.3 is 11.1 Å². The van der Waals surface area contributed by atoms with Crippen molar-refractivity contribution in [3.63, 3.8) is 0 Å². The molecule has 0 aliphatic carbocycles. The van der Waals surface area contributed by atoms with E-state index in [2.05, 4.69) is 15.3 Å². The van der Waals surface area contributed by atoms with Crippen LogP contribution in [0.15, 0.2) is 41.5 Å². The summed E-state index contributed by atoms with van der Waals surface area (Å²) in [5, 5.41) is 11.4. The highest BCUT2D eigenvalue weighted by Gasteiger charge is 2.37. The number of aliphatic imine (C=N–C) groups is 1. The number of carbonyl (C=O) groups is 1. The SMILES string of the molecule is C[C@@]1(c2cc(NC(=O)c3ccc(C#N)cn3)ccc2F)C[C@@H](F)SC(N)=N1. The molecule has 9 heteroatoms. The van der Waals surface area contributed by atoms with Crippen LogP contribution in [-0.4, -0.2) is 21.6 Å². The molecule has 1 amide bonds. The molecule has 1 aliphatic heterocycles. The molecule has 3 rings (SSSR count). The molecule has 0 bridgehead atoms. The van der Waals surface area contributed by atoms with Gasteiger partial charge >= 0.3 is 0 Å². The number of nitrogens with zero attached hydrogens (tertiary/aromatic N) is 3. The molecule has 0 saturated carbocycles. The summed E-state index contributed by atoms with van der Waals surface area (Å²) in [4.78, 5) is 20.4. The summed E-state index contributed by atoms with van der Waals surface area (Å²) in [6, 6.07) is 8.78. The zero-order valence-electron chi connectivity index (χ0n) is 14.2. The molecular weight excluding hydrogens is 372 g/mol. The van der Waals surface area contributed by atoms with E-state index in [0.717, 1.165) is 11.8 Å². The van der Waals surface area contributed by atoms with Crippen molar-refractivity contribution in [3.05, 3.63) is 59.2 Å². The number of hydrogen-bond acceptors (Lipinski definition) is 6. The van der Waals surface area contributed by atoms with Crippen LogP contribution >= 0.6 is 11.8 Å². The van der Waals surface area contributed by atoms with Crippen molar-refractivity contribution in [1.82, 2.24) is 4.98 Å². The van der Waals surface area contributed by atoms with Gasteiger partial charge in [-0.3, -0.25) is 9.79 Å². The number of thioether (sulfide) groups is 1. The van der Waals surface area contributed by atoms with E-state index in [-0.39, 0.29) is 22.8 Å². The third-order valence-corrected chi connectivity index (χ3v) is 4.85. The van der Waals surface area contributed by atoms with Crippen molar-refractivity contribution < 1.29 is 13.6 Å². The molecule has 2 aromatic rings. The Morgan fingerprint density at radius 3 is 2.85 bits per heavy atom. The minimum absolute atomic E-state index is 0.0378. The number of nitrogens with one attached hydrogen (secondary N) is 1. The summed E-state index contributed by atoms with van der Waals surface area (Å²) < 4.78 is 28.3. The Bertz CT molecular complexity index is 957. The number of halogens is 2. The Morgan fingerprint density at radius 1 is 1.44 bits per heavy atom. The summed E-state index contributed by atoms with van der Waals surface area (Å²) in [6.07, 6.45) is 1.24. The average Bonchev–Trinajstić information content (AvgIpc) is 2.62. The zero-order valence-corrected chi connectivity index (χ0v) is 15.1. The lowest BCUT2D eigenvalue weighted by Gasteiger charge is -2.32. The third-order valence-electron chi connectivity index (χ3n) is 4.09. The number of rotatable bonds is 3. The molecule has 2 heterocycles. The van der Waals surface area contributed by atoms with E-state index in [1.54, 1.807) is 6.92 Å². The predicted octanol–water partition coefficient (Wildman–Crippen LogP) is 3.31. The van der Waals surface area contributed by atoms with Crippen LogP contribution in [0.1, 0.15) is 35.0 Å². The number of amides is 1. The first-order chi connectivity index (χ1) is 12.8. The van der Waals surface area contributed by atoms with Crippen LogP contribution in [0, 0.1) is 17.1 Å². The quantitative estimate of drug-likeness (QED) is 0.841. The Kier molecular flexibility index (Phi) is 5.10. The molecule has 0 fully saturated rings. The van der Waals surface area contributed by atoms with Gasteiger partial charge in [-0.25, -0.2) is 13.8 Å². The van der Waals surface area contributed by atoms with Gasteiger partial charge in [0.05, 0.1) is 11.1 Å². The number of carbonyl (C=O) groups excluding carboxylic acids is 1. The normalized spacial score (nSPS) is 21.9. The van der Waals surface area contributed by atoms with Gasteiger partial charge in [0.2, 0.25) is 0 Å². The number of nitriles is 1. The molecule has 0 spiro atoms. The van der Waals surface area contributed by atoms with E-state index in [4.69, 9.17) is 11.0 Å². The number of alkyl halides is 1. The van der Waals surface area contributed by atoms with Crippen LogP contribution in [0.25, 0.3) is 0 Å². The van der Waals surface area contributed by atoms with Crippen molar-refractivity contribution >= 4 is 28.5 Å². The highest BCUT2D eigenvalue weighted by molar-refractivity contribution is 8.14. The molecule has 0 radical (unpaired) electrons. The van der Waals surface area contributed by atoms with Gasteiger partial charge in [-0.05, 0) is 37.3 Å². The largest absolute Gasteiger partial charge is 0.378 e. The number of benzene rings is 1. The first kappa shape index (κ1) is 18.8. The first-order valence-electron chi connectivity index (χ1n) is 7.94. The zero-order chi connectivity index (χ0) is 19.6. The standard InChI is InChI=1S/C18H15F2N5OS/c1-18(7-15(20)27-17(22)25-18)12-6-11(3-4-13(12)19)24-16(26)14-5-2-10(8-21)9-23-14/h2-6,9,15H,7H2,1H3,(H2,22,25)(H,24,26)/t15-,18-/m0/s1. The fourth-order valence-corrected chi connectivity index (χ4v) is 3.70.